The van der Waals surface area contributed by atoms with Crippen LogP contribution in [0.1, 0.15) is 33.6 Å². The number of hydrogen-bond acceptors (Lipinski definition) is 9. The molecule has 4 heterocycles. The van der Waals surface area contributed by atoms with E-state index in [1.54, 1.807) is 35.3 Å². The number of piperidine rings is 1. The number of hydrogen-bond donors (Lipinski definition) is 3. The van der Waals surface area contributed by atoms with Crippen molar-refractivity contribution in [2.75, 3.05) is 23.7 Å². The van der Waals surface area contributed by atoms with Gasteiger partial charge in [0.25, 0.3) is 11.8 Å². The van der Waals surface area contributed by atoms with Gasteiger partial charge in [-0.15, -0.1) is 0 Å². The van der Waals surface area contributed by atoms with Crippen molar-refractivity contribution in [3.05, 3.63) is 94.9 Å². The third-order valence-electron chi connectivity index (χ3n) is 7.74. The van der Waals surface area contributed by atoms with Gasteiger partial charge in [0.1, 0.15) is 11.6 Å². The maximum Gasteiger partial charge on any atom is 0.262 e. The number of nitrogens with zero attached hydrogens (tertiary/aromatic N) is 5. The van der Waals surface area contributed by atoms with Gasteiger partial charge in [-0.2, -0.15) is 5.10 Å². The summed E-state index contributed by atoms with van der Waals surface area (Å²) in [5, 5.41) is 13.4. The fraction of sp³-hybridized carbons (Fsp3) is 0.156. The van der Waals surface area contributed by atoms with E-state index in [0.717, 1.165) is 43.0 Å². The van der Waals surface area contributed by atoms with Crippen LogP contribution in [0.3, 0.4) is 0 Å². The number of rotatable bonds is 8. The summed E-state index contributed by atoms with van der Waals surface area (Å²) < 4.78 is 2.66. The standard InChI is InChI=1S/C32H25BrN8O4/c33-24-5-2-6-25-29(24)38-26(16-36-25)18-15-37-40(17-18)21-4-1-3-19(13-21)34-11-12-35-20-7-8-22-23(14-20)32(45)41(31(22)44)27-9-10-28(42)39-30(27)43/h1-8,13-17,27,34-35H,9-12H2,(H,39,42,43). The molecule has 224 valence electrons. The quantitative estimate of drug-likeness (QED) is 0.164. The molecule has 1 fully saturated rings. The Balaban J connectivity index is 0.974. The number of para-hydroxylation sites is 1. The number of carbonyl (C=O) groups excluding carboxylic acids is 4. The molecule has 2 aromatic heterocycles. The number of fused-ring (bicyclic) bond motifs is 2. The molecule has 0 radical (unpaired) electrons. The number of nitrogens with one attached hydrogen (secondary N) is 3. The van der Waals surface area contributed by atoms with Crippen LogP contribution in [-0.4, -0.2) is 67.4 Å². The highest BCUT2D eigenvalue weighted by Crippen LogP contribution is 2.30. The van der Waals surface area contributed by atoms with E-state index >= 15 is 0 Å². The molecule has 1 unspecified atom stereocenters. The highest BCUT2D eigenvalue weighted by atomic mass is 79.9. The Hall–Kier alpha value is -5.43. The Morgan fingerprint density at radius 3 is 2.49 bits per heavy atom. The van der Waals surface area contributed by atoms with Crippen LogP contribution >= 0.6 is 15.9 Å². The van der Waals surface area contributed by atoms with Gasteiger partial charge in [-0.3, -0.25) is 34.4 Å². The molecule has 1 atom stereocenters. The number of aromatic nitrogens is 4. The molecule has 12 nitrogen and oxygen atoms in total. The number of anilines is 2. The molecule has 45 heavy (non-hydrogen) atoms. The number of benzene rings is 3. The van der Waals surface area contributed by atoms with Crippen molar-refractivity contribution in [3.8, 4) is 16.9 Å². The minimum Gasteiger partial charge on any atom is -0.383 e. The third-order valence-corrected chi connectivity index (χ3v) is 8.38. The summed E-state index contributed by atoms with van der Waals surface area (Å²) in [4.78, 5) is 60.0. The first-order valence-electron chi connectivity index (χ1n) is 14.3. The molecule has 0 spiro atoms. The van der Waals surface area contributed by atoms with Gasteiger partial charge in [0, 0.05) is 47.1 Å². The predicted octanol–water partition coefficient (Wildman–Crippen LogP) is 4.17. The van der Waals surface area contributed by atoms with Gasteiger partial charge in [0.2, 0.25) is 11.8 Å². The van der Waals surface area contributed by atoms with Crippen LogP contribution < -0.4 is 16.0 Å². The summed E-state index contributed by atoms with van der Waals surface area (Å²) in [5.41, 5.74) is 6.08. The predicted molar refractivity (Wildman–Crippen MR) is 170 cm³/mol. The number of halogens is 1. The van der Waals surface area contributed by atoms with Crippen molar-refractivity contribution in [3.63, 3.8) is 0 Å². The minimum absolute atomic E-state index is 0.0777. The second-order valence-electron chi connectivity index (χ2n) is 10.6. The zero-order valence-electron chi connectivity index (χ0n) is 23.7. The lowest BCUT2D eigenvalue weighted by atomic mass is 10.0. The second-order valence-corrected chi connectivity index (χ2v) is 11.5. The van der Waals surface area contributed by atoms with E-state index in [0.29, 0.717) is 18.8 Å². The zero-order chi connectivity index (χ0) is 31.1. The van der Waals surface area contributed by atoms with Crippen molar-refractivity contribution in [1.82, 2.24) is 30.0 Å². The highest BCUT2D eigenvalue weighted by molar-refractivity contribution is 9.10. The molecular formula is C32H25BrN8O4. The van der Waals surface area contributed by atoms with Crippen LogP contribution in [-0.2, 0) is 9.59 Å². The average molecular weight is 666 g/mol. The Kier molecular flexibility index (Phi) is 7.29. The lowest BCUT2D eigenvalue weighted by Crippen LogP contribution is -2.54. The third kappa shape index (κ3) is 5.42. The first-order valence-corrected chi connectivity index (χ1v) is 15.0. The molecule has 13 heteroatoms. The SMILES string of the molecule is O=C1CCC(N2C(=O)c3ccc(NCCNc4cccc(-n5cc(-c6cnc7cccc(Br)c7n6)cn5)c4)cc3C2=O)C(=O)N1. The summed E-state index contributed by atoms with van der Waals surface area (Å²) in [6.07, 6.45) is 5.61. The highest BCUT2D eigenvalue weighted by Gasteiger charge is 2.44. The van der Waals surface area contributed by atoms with E-state index in [2.05, 4.69) is 42.0 Å². The zero-order valence-corrected chi connectivity index (χ0v) is 25.2. The summed E-state index contributed by atoms with van der Waals surface area (Å²) >= 11 is 3.54. The second kappa shape index (κ2) is 11.6. The maximum absolute atomic E-state index is 13.1. The monoisotopic (exact) mass is 664 g/mol. The summed E-state index contributed by atoms with van der Waals surface area (Å²) in [6.45, 7) is 1.10. The number of amides is 4. The molecule has 5 aromatic rings. The smallest absolute Gasteiger partial charge is 0.262 e. The lowest BCUT2D eigenvalue weighted by Gasteiger charge is -2.27. The molecule has 3 N–H and O–H groups in total. The van der Waals surface area contributed by atoms with Crippen LogP contribution in [0.25, 0.3) is 28.0 Å². The summed E-state index contributed by atoms with van der Waals surface area (Å²) in [5.74, 6) is -2.10. The van der Waals surface area contributed by atoms with Crippen LogP contribution in [0.2, 0.25) is 0 Å². The van der Waals surface area contributed by atoms with E-state index in [1.807, 2.05) is 48.7 Å². The fourth-order valence-corrected chi connectivity index (χ4v) is 5.93. The van der Waals surface area contributed by atoms with Crippen molar-refractivity contribution in [2.24, 2.45) is 0 Å². The first kappa shape index (κ1) is 28.3. The first-order chi connectivity index (χ1) is 21.9. The van der Waals surface area contributed by atoms with Gasteiger partial charge in [0.05, 0.1) is 40.4 Å². The summed E-state index contributed by atoms with van der Waals surface area (Å²) in [7, 11) is 0. The minimum atomic E-state index is -0.991. The van der Waals surface area contributed by atoms with Gasteiger partial charge in [-0.05, 0) is 70.9 Å². The Bertz CT molecular complexity index is 2030. The molecule has 4 amide bonds. The van der Waals surface area contributed by atoms with Gasteiger partial charge >= 0.3 is 0 Å². The molecule has 0 bridgehead atoms. The topological polar surface area (TPSA) is 151 Å². The van der Waals surface area contributed by atoms with Gasteiger partial charge in [0.15, 0.2) is 0 Å². The average Bonchev–Trinajstić information content (AvgIpc) is 3.63. The molecule has 2 aliphatic rings. The van der Waals surface area contributed by atoms with Gasteiger partial charge in [-0.25, -0.2) is 9.67 Å². The number of imide groups is 2. The van der Waals surface area contributed by atoms with E-state index < -0.39 is 29.7 Å². The molecule has 2 aliphatic heterocycles. The molecule has 3 aromatic carbocycles. The molecule has 0 aliphatic carbocycles. The van der Waals surface area contributed by atoms with E-state index in [9.17, 15) is 19.2 Å². The normalized spacial score (nSPS) is 16.2. The lowest BCUT2D eigenvalue weighted by molar-refractivity contribution is -0.136. The van der Waals surface area contributed by atoms with Crippen molar-refractivity contribution in [1.29, 1.82) is 0 Å². The molecular weight excluding hydrogens is 640 g/mol. The summed E-state index contributed by atoms with van der Waals surface area (Å²) in [6, 6.07) is 17.6. The Labute approximate surface area is 265 Å². The van der Waals surface area contributed by atoms with Crippen molar-refractivity contribution >= 4 is 62.0 Å². The van der Waals surface area contributed by atoms with Crippen molar-refractivity contribution < 1.29 is 19.2 Å². The fourth-order valence-electron chi connectivity index (χ4n) is 5.49. The maximum atomic E-state index is 13.1. The molecule has 1 saturated heterocycles. The van der Waals surface area contributed by atoms with Gasteiger partial charge < -0.3 is 10.6 Å². The number of carbonyl (C=O) groups is 4. The van der Waals surface area contributed by atoms with Crippen LogP contribution in [0.5, 0.6) is 0 Å². The largest absolute Gasteiger partial charge is 0.383 e. The van der Waals surface area contributed by atoms with Crippen LogP contribution in [0.4, 0.5) is 11.4 Å². The Morgan fingerprint density at radius 1 is 0.889 bits per heavy atom. The van der Waals surface area contributed by atoms with Crippen LogP contribution in [0, 0.1) is 0 Å². The van der Waals surface area contributed by atoms with E-state index in [-0.39, 0.29) is 24.0 Å². The van der Waals surface area contributed by atoms with E-state index in [4.69, 9.17) is 4.98 Å². The van der Waals surface area contributed by atoms with Gasteiger partial charge in [-0.1, -0.05) is 12.1 Å². The molecule has 0 saturated carbocycles. The Morgan fingerprint density at radius 2 is 1.67 bits per heavy atom. The van der Waals surface area contributed by atoms with Crippen LogP contribution in [0.15, 0.2) is 83.7 Å². The molecule has 7 rings (SSSR count). The van der Waals surface area contributed by atoms with Crippen molar-refractivity contribution in [2.45, 2.75) is 18.9 Å². The van der Waals surface area contributed by atoms with E-state index in [1.165, 1.54) is 0 Å².